The second-order valence-corrected chi connectivity index (χ2v) is 24.1. The van der Waals surface area contributed by atoms with Gasteiger partial charge in [-0.25, -0.2) is 0 Å². The van der Waals surface area contributed by atoms with Gasteiger partial charge in [-0.15, -0.1) is 0 Å². The molecule has 476 valence electrons. The van der Waals surface area contributed by atoms with Crippen LogP contribution in [0.5, 0.6) is 0 Å². The van der Waals surface area contributed by atoms with Crippen LogP contribution in [0.25, 0.3) is 0 Å². The smallest absolute Gasteiger partial charge is 0.306 e. The van der Waals surface area contributed by atoms with E-state index in [0.717, 1.165) is 96.3 Å². The summed E-state index contributed by atoms with van der Waals surface area (Å²) in [6, 6.07) is 0. The van der Waals surface area contributed by atoms with Gasteiger partial charge in [-0.05, 0) is 116 Å². The van der Waals surface area contributed by atoms with E-state index in [0.29, 0.717) is 19.3 Å². The third-order valence-electron chi connectivity index (χ3n) is 15.9. The average molecular weight is 1150 g/mol. The molecule has 0 N–H and O–H groups in total. The molecule has 6 heteroatoms. The van der Waals surface area contributed by atoms with Crippen LogP contribution < -0.4 is 0 Å². The highest BCUT2D eigenvalue weighted by Gasteiger charge is 2.19. The van der Waals surface area contributed by atoms with Crippen LogP contribution in [0.4, 0.5) is 0 Å². The zero-order valence-corrected chi connectivity index (χ0v) is 54.8. The Labute approximate surface area is 510 Å². The predicted octanol–water partition coefficient (Wildman–Crippen LogP) is 24.8. The summed E-state index contributed by atoms with van der Waals surface area (Å²) < 4.78 is 17.0. The monoisotopic (exact) mass is 1150 g/mol. The Bertz CT molecular complexity index is 1500. The van der Waals surface area contributed by atoms with Crippen molar-refractivity contribution in [3.8, 4) is 0 Å². The molecule has 0 aromatic rings. The van der Waals surface area contributed by atoms with Gasteiger partial charge in [0.2, 0.25) is 0 Å². The molecule has 0 aromatic carbocycles. The topological polar surface area (TPSA) is 78.9 Å². The fraction of sp³-hybridized carbons (Fsp3) is 0.803. The highest BCUT2D eigenvalue weighted by molar-refractivity contribution is 5.71. The summed E-state index contributed by atoms with van der Waals surface area (Å²) in [5.74, 6) is -0.883. The summed E-state index contributed by atoms with van der Waals surface area (Å²) in [5.41, 5.74) is 0. The molecule has 0 saturated heterocycles. The van der Waals surface area contributed by atoms with Crippen LogP contribution in [-0.2, 0) is 28.6 Å². The Morgan fingerprint density at radius 3 is 0.720 bits per heavy atom. The number of carbonyl (C=O) groups is 3. The lowest BCUT2D eigenvalue weighted by atomic mass is 10.0. The normalized spacial score (nSPS) is 12.5. The summed E-state index contributed by atoms with van der Waals surface area (Å²) in [7, 11) is 0. The number of hydrogen-bond donors (Lipinski definition) is 0. The molecule has 0 heterocycles. The SMILES string of the molecule is CCCCC/C=C\CCCCCCCC(=O)OCC(COC(=O)CCCCCCCCCCCCCCCCCCCCC/C=C\C/C=C\CCCCCCC)OC(=O)CCCCCCCC/C=C\C/C=C\C/C=C\CCCCCCC. The zero-order valence-electron chi connectivity index (χ0n) is 54.8. The first-order chi connectivity index (χ1) is 40.5. The van der Waals surface area contributed by atoms with Crippen LogP contribution >= 0.6 is 0 Å². The molecule has 0 bridgehead atoms. The van der Waals surface area contributed by atoms with Crippen molar-refractivity contribution in [2.24, 2.45) is 0 Å². The van der Waals surface area contributed by atoms with Crippen molar-refractivity contribution in [3.05, 3.63) is 72.9 Å². The van der Waals surface area contributed by atoms with Gasteiger partial charge in [-0.1, -0.05) is 312 Å². The average Bonchev–Trinajstić information content (AvgIpc) is 3.47. The third-order valence-corrected chi connectivity index (χ3v) is 15.9. The molecular weight excluding hydrogens is 1010 g/mol. The van der Waals surface area contributed by atoms with Gasteiger partial charge in [0, 0.05) is 19.3 Å². The van der Waals surface area contributed by atoms with Crippen molar-refractivity contribution in [1.82, 2.24) is 0 Å². The number of hydrogen-bond acceptors (Lipinski definition) is 6. The highest BCUT2D eigenvalue weighted by Crippen LogP contribution is 2.18. The number of carbonyl (C=O) groups excluding carboxylic acids is 3. The van der Waals surface area contributed by atoms with E-state index in [1.54, 1.807) is 0 Å². The minimum Gasteiger partial charge on any atom is -0.462 e. The van der Waals surface area contributed by atoms with Crippen LogP contribution in [-0.4, -0.2) is 37.2 Å². The van der Waals surface area contributed by atoms with E-state index in [2.05, 4.69) is 93.7 Å². The molecule has 6 nitrogen and oxygen atoms in total. The summed E-state index contributed by atoms with van der Waals surface area (Å²) in [4.78, 5) is 38.4. The van der Waals surface area contributed by atoms with E-state index in [1.807, 2.05) is 0 Å². The van der Waals surface area contributed by atoms with Gasteiger partial charge >= 0.3 is 17.9 Å². The van der Waals surface area contributed by atoms with Crippen LogP contribution in [0.15, 0.2) is 72.9 Å². The fourth-order valence-electron chi connectivity index (χ4n) is 10.5. The van der Waals surface area contributed by atoms with E-state index in [4.69, 9.17) is 14.2 Å². The highest BCUT2D eigenvalue weighted by atomic mass is 16.6. The first kappa shape index (κ1) is 78.8. The van der Waals surface area contributed by atoms with Gasteiger partial charge in [0.25, 0.3) is 0 Å². The lowest BCUT2D eigenvalue weighted by Crippen LogP contribution is -2.30. The lowest BCUT2D eigenvalue weighted by molar-refractivity contribution is -0.167. The van der Waals surface area contributed by atoms with E-state index in [-0.39, 0.29) is 31.1 Å². The summed E-state index contributed by atoms with van der Waals surface area (Å²) in [5, 5.41) is 0. The molecule has 0 aliphatic heterocycles. The number of rotatable bonds is 66. The van der Waals surface area contributed by atoms with Gasteiger partial charge < -0.3 is 14.2 Å². The molecule has 0 aliphatic carbocycles. The second kappa shape index (κ2) is 70.3. The maximum absolute atomic E-state index is 12.9. The molecule has 0 saturated carbocycles. The van der Waals surface area contributed by atoms with E-state index in [1.165, 1.54) is 238 Å². The van der Waals surface area contributed by atoms with Crippen LogP contribution in [0.1, 0.15) is 374 Å². The summed E-state index contributed by atoms with van der Waals surface area (Å²) >= 11 is 0. The molecule has 1 unspecified atom stereocenters. The molecule has 0 spiro atoms. The minimum atomic E-state index is -0.786. The van der Waals surface area contributed by atoms with Gasteiger partial charge in [0.15, 0.2) is 6.10 Å². The standard InChI is InChI=1S/C76H136O6/c1-4-7-10-13-16-19-22-25-27-29-31-33-34-35-36-37-38-39-40-41-42-44-45-47-49-51-54-57-60-63-66-69-75(78)81-72-73(71-80-74(77)68-65-62-59-56-53-24-21-18-15-12-9-6-3)82-76(79)70-67-64-61-58-55-52-50-48-46-43-32-30-28-26-23-20-17-14-11-8-5-2/h18,21-23,25-26,29-32,46,48,73H,4-17,19-20,24,27-28,33-45,47,49-72H2,1-3H3/b21-18-,25-22-,26-23-,31-29-,32-30-,48-46-. The van der Waals surface area contributed by atoms with Gasteiger partial charge in [0.1, 0.15) is 13.2 Å². The van der Waals surface area contributed by atoms with Gasteiger partial charge in [0.05, 0.1) is 0 Å². The van der Waals surface area contributed by atoms with Crippen LogP contribution in [0.2, 0.25) is 0 Å². The molecule has 0 aliphatic rings. The number of esters is 3. The Morgan fingerprint density at radius 2 is 0.439 bits per heavy atom. The maximum Gasteiger partial charge on any atom is 0.306 e. The fourth-order valence-corrected chi connectivity index (χ4v) is 10.5. The Morgan fingerprint density at radius 1 is 0.244 bits per heavy atom. The van der Waals surface area contributed by atoms with E-state index in [9.17, 15) is 14.4 Å². The third kappa shape index (κ3) is 67.6. The lowest BCUT2D eigenvalue weighted by Gasteiger charge is -2.18. The first-order valence-electron chi connectivity index (χ1n) is 35.9. The van der Waals surface area contributed by atoms with E-state index < -0.39 is 6.10 Å². The largest absolute Gasteiger partial charge is 0.462 e. The Kier molecular flexibility index (Phi) is 67.6. The molecule has 0 amide bonds. The van der Waals surface area contributed by atoms with Gasteiger partial charge in [-0.3, -0.25) is 14.4 Å². The molecule has 1 atom stereocenters. The number of allylic oxidation sites excluding steroid dienone is 12. The molecule has 0 fully saturated rings. The summed E-state index contributed by atoms with van der Waals surface area (Å²) in [6.07, 6.45) is 92.3. The predicted molar refractivity (Wildman–Crippen MR) is 358 cm³/mol. The minimum absolute atomic E-state index is 0.0803. The Balaban J connectivity index is 4.20. The van der Waals surface area contributed by atoms with Crippen molar-refractivity contribution in [2.75, 3.05) is 13.2 Å². The van der Waals surface area contributed by atoms with Crippen molar-refractivity contribution >= 4 is 17.9 Å². The van der Waals surface area contributed by atoms with Crippen molar-refractivity contribution in [1.29, 1.82) is 0 Å². The molecular formula is C76H136O6. The molecule has 82 heavy (non-hydrogen) atoms. The van der Waals surface area contributed by atoms with Crippen LogP contribution in [0.3, 0.4) is 0 Å². The zero-order chi connectivity index (χ0) is 59.2. The molecule has 0 aromatic heterocycles. The maximum atomic E-state index is 12.9. The van der Waals surface area contributed by atoms with E-state index >= 15 is 0 Å². The van der Waals surface area contributed by atoms with Crippen molar-refractivity contribution in [2.45, 2.75) is 380 Å². The number of ether oxygens (including phenoxy) is 3. The second-order valence-electron chi connectivity index (χ2n) is 24.1. The Hall–Kier alpha value is -3.15. The number of unbranched alkanes of at least 4 members (excludes halogenated alkanes) is 43. The first-order valence-corrected chi connectivity index (χ1v) is 35.9. The summed E-state index contributed by atoms with van der Waals surface area (Å²) in [6.45, 7) is 6.62. The quantitative estimate of drug-likeness (QED) is 0.0261. The molecule has 0 rings (SSSR count). The van der Waals surface area contributed by atoms with Gasteiger partial charge in [-0.2, -0.15) is 0 Å². The van der Waals surface area contributed by atoms with Crippen LogP contribution in [0, 0.1) is 0 Å². The molecule has 0 radical (unpaired) electrons. The van der Waals surface area contributed by atoms with Crippen molar-refractivity contribution in [3.63, 3.8) is 0 Å². The van der Waals surface area contributed by atoms with Crippen molar-refractivity contribution < 1.29 is 28.6 Å².